The first kappa shape index (κ1) is 24.1. The predicted octanol–water partition coefficient (Wildman–Crippen LogP) is 4.88. The Balaban J connectivity index is 1.29. The number of nitrogens with zero attached hydrogens (tertiary/aromatic N) is 1. The number of piperidine rings is 3. The number of fused-ring (bicyclic) bond motifs is 3. The van der Waals surface area contributed by atoms with E-state index in [-0.39, 0.29) is 17.9 Å². The van der Waals surface area contributed by atoms with Gasteiger partial charge < -0.3 is 19.3 Å². The van der Waals surface area contributed by atoms with Crippen molar-refractivity contribution in [2.24, 2.45) is 5.92 Å². The number of rotatable bonds is 9. The molecular weight excluding hydrogens is 452 g/mol. The first-order valence-corrected chi connectivity index (χ1v) is 12.6. The van der Waals surface area contributed by atoms with Crippen molar-refractivity contribution in [2.45, 2.75) is 25.0 Å². The molecule has 6 rings (SSSR count). The summed E-state index contributed by atoms with van der Waals surface area (Å²) in [6.45, 7) is 3.01. The highest BCUT2D eigenvalue weighted by Crippen LogP contribution is 2.37. The number of anilines is 1. The number of carbonyl (C=O) groups is 2. The summed E-state index contributed by atoms with van der Waals surface area (Å²) in [5, 5.41) is 3.36. The van der Waals surface area contributed by atoms with Crippen molar-refractivity contribution in [2.75, 3.05) is 38.6 Å². The largest absolute Gasteiger partial charge is 0.497 e. The van der Waals surface area contributed by atoms with E-state index >= 15 is 0 Å². The van der Waals surface area contributed by atoms with Crippen molar-refractivity contribution in [1.82, 2.24) is 0 Å². The maximum absolute atomic E-state index is 13.5. The van der Waals surface area contributed by atoms with Gasteiger partial charge in [0.05, 0.1) is 20.2 Å². The van der Waals surface area contributed by atoms with Crippen molar-refractivity contribution in [3.8, 4) is 5.75 Å². The van der Waals surface area contributed by atoms with Gasteiger partial charge in [-0.05, 0) is 42.0 Å². The molecule has 3 aliphatic heterocycles. The smallest absolute Gasteiger partial charge is 0.333 e. The zero-order valence-corrected chi connectivity index (χ0v) is 20.6. The highest BCUT2D eigenvalue weighted by Gasteiger charge is 2.49. The molecule has 186 valence electrons. The van der Waals surface area contributed by atoms with Crippen LogP contribution in [-0.2, 0) is 9.53 Å². The zero-order chi connectivity index (χ0) is 25.0. The van der Waals surface area contributed by atoms with Crippen LogP contribution in [0.15, 0.2) is 84.9 Å². The lowest BCUT2D eigenvalue weighted by atomic mass is 9.82. The minimum absolute atomic E-state index is 0.121. The number of benzene rings is 3. The fourth-order valence-corrected chi connectivity index (χ4v) is 5.59. The number of esters is 1. The Labute approximate surface area is 212 Å². The summed E-state index contributed by atoms with van der Waals surface area (Å²) in [5.74, 6) is 0.930. The monoisotopic (exact) mass is 485 g/mol. The first-order chi connectivity index (χ1) is 17.5. The van der Waals surface area contributed by atoms with Gasteiger partial charge in [0, 0.05) is 30.0 Å². The van der Waals surface area contributed by atoms with Crippen molar-refractivity contribution in [3.05, 3.63) is 96.1 Å². The second-order valence-corrected chi connectivity index (χ2v) is 9.95. The van der Waals surface area contributed by atoms with Crippen molar-refractivity contribution in [3.63, 3.8) is 0 Å². The third-order valence-corrected chi connectivity index (χ3v) is 7.65. The average Bonchev–Trinajstić information content (AvgIpc) is 2.93. The average molecular weight is 486 g/mol. The molecule has 0 radical (unpaired) electrons. The Morgan fingerprint density at radius 2 is 1.56 bits per heavy atom. The van der Waals surface area contributed by atoms with Crippen molar-refractivity contribution < 1.29 is 23.5 Å². The fraction of sp³-hybridized carbons (Fsp3) is 0.333. The lowest BCUT2D eigenvalue weighted by Gasteiger charge is -2.51. The second kappa shape index (κ2) is 10.5. The molecule has 36 heavy (non-hydrogen) atoms. The van der Waals surface area contributed by atoms with Gasteiger partial charge in [-0.15, -0.1) is 0 Å². The van der Waals surface area contributed by atoms with E-state index in [0.717, 1.165) is 42.9 Å². The Morgan fingerprint density at radius 1 is 0.917 bits per heavy atom. The Hall–Kier alpha value is -3.64. The quantitative estimate of drug-likeness (QED) is 0.266. The standard InChI is InChI=1S/C30H33N2O4/c1-35-26-14-12-22(13-15-26)27(33)20-32-18-16-23(17-19-32)28(21-32)36-30(34)29(24-8-4-2-5-9-24)31-25-10-6-3-7-11-25/h2-15,23,28-29,31H,16-21H2,1H3/q+1/t23?,28-,29-,32?/m0/s1. The molecule has 6 nitrogen and oxygen atoms in total. The van der Waals surface area contributed by atoms with Gasteiger partial charge in [0.2, 0.25) is 5.78 Å². The topological polar surface area (TPSA) is 64.6 Å². The third kappa shape index (κ3) is 5.29. The van der Waals surface area contributed by atoms with Crippen LogP contribution in [0.3, 0.4) is 0 Å². The maximum atomic E-state index is 13.5. The summed E-state index contributed by atoms with van der Waals surface area (Å²) >= 11 is 0. The van der Waals surface area contributed by atoms with Gasteiger partial charge in [-0.1, -0.05) is 48.5 Å². The van der Waals surface area contributed by atoms with Gasteiger partial charge in [0.25, 0.3) is 0 Å². The van der Waals surface area contributed by atoms with Gasteiger partial charge >= 0.3 is 5.97 Å². The van der Waals surface area contributed by atoms with Crippen LogP contribution in [-0.4, -0.2) is 55.6 Å². The van der Waals surface area contributed by atoms with Gasteiger partial charge in [-0.25, -0.2) is 4.79 Å². The number of hydrogen-bond donors (Lipinski definition) is 1. The van der Waals surface area contributed by atoms with E-state index < -0.39 is 6.04 Å². The minimum atomic E-state index is -0.599. The summed E-state index contributed by atoms with van der Waals surface area (Å²) in [5.41, 5.74) is 2.43. The normalized spacial score (nSPS) is 23.5. The number of Topliss-reactive ketones (excluding diaryl/α,β-unsaturated/α-hetero) is 1. The molecule has 0 aromatic heterocycles. The van der Waals surface area contributed by atoms with Crippen molar-refractivity contribution in [1.29, 1.82) is 0 Å². The van der Waals surface area contributed by atoms with E-state index in [0.29, 0.717) is 29.1 Å². The zero-order valence-electron chi connectivity index (χ0n) is 20.6. The SMILES string of the molecule is COc1ccc(C(=O)C[N+]23CCC(CC2)[C@@H](OC(=O)[C@@H](Nc2ccccc2)c2ccccc2)C3)cc1. The van der Waals surface area contributed by atoms with Crippen LogP contribution in [0.25, 0.3) is 0 Å². The van der Waals surface area contributed by atoms with E-state index in [1.54, 1.807) is 7.11 Å². The summed E-state index contributed by atoms with van der Waals surface area (Å²) in [6.07, 6.45) is 1.75. The molecule has 0 unspecified atom stereocenters. The molecule has 0 spiro atoms. The Morgan fingerprint density at radius 3 is 2.19 bits per heavy atom. The summed E-state index contributed by atoms with van der Waals surface area (Å²) in [6, 6.07) is 26.1. The van der Waals surface area contributed by atoms with Crippen LogP contribution in [0.4, 0.5) is 5.69 Å². The molecule has 3 fully saturated rings. The highest BCUT2D eigenvalue weighted by atomic mass is 16.5. The van der Waals surface area contributed by atoms with E-state index in [1.165, 1.54) is 0 Å². The molecule has 3 heterocycles. The molecule has 0 aliphatic carbocycles. The van der Waals surface area contributed by atoms with E-state index in [2.05, 4.69) is 5.32 Å². The Kier molecular flexibility index (Phi) is 7.05. The van der Waals surface area contributed by atoms with Gasteiger partial charge in [-0.3, -0.25) is 4.79 Å². The number of ether oxygens (including phenoxy) is 2. The number of para-hydroxylation sites is 1. The molecule has 2 bridgehead atoms. The van der Waals surface area contributed by atoms with Crippen LogP contribution >= 0.6 is 0 Å². The lowest BCUT2D eigenvalue weighted by molar-refractivity contribution is -0.938. The van der Waals surface area contributed by atoms with Gasteiger partial charge in [-0.2, -0.15) is 0 Å². The number of hydrogen-bond acceptors (Lipinski definition) is 5. The summed E-state index contributed by atoms with van der Waals surface area (Å²) in [4.78, 5) is 26.7. The highest BCUT2D eigenvalue weighted by molar-refractivity contribution is 5.97. The number of carbonyl (C=O) groups excluding carboxylic acids is 2. The molecule has 0 amide bonds. The van der Waals surface area contributed by atoms with E-state index in [1.807, 2.05) is 84.9 Å². The fourth-order valence-electron chi connectivity index (χ4n) is 5.59. The van der Waals surface area contributed by atoms with E-state index in [4.69, 9.17) is 9.47 Å². The molecule has 1 N–H and O–H groups in total. The third-order valence-electron chi connectivity index (χ3n) is 7.65. The molecule has 3 aromatic carbocycles. The van der Waals surface area contributed by atoms with Crippen molar-refractivity contribution >= 4 is 17.4 Å². The number of quaternary nitrogens is 1. The number of methoxy groups -OCH3 is 1. The molecular formula is C30H33N2O4+. The molecule has 0 saturated carbocycles. The summed E-state index contributed by atoms with van der Waals surface area (Å²) in [7, 11) is 1.62. The lowest BCUT2D eigenvalue weighted by Crippen LogP contribution is -2.65. The Bertz CT molecular complexity index is 1170. The van der Waals surface area contributed by atoms with Gasteiger partial charge in [0.1, 0.15) is 18.8 Å². The molecule has 2 atom stereocenters. The van der Waals surface area contributed by atoms with Crippen LogP contribution in [0.1, 0.15) is 34.8 Å². The second-order valence-electron chi connectivity index (χ2n) is 9.95. The minimum Gasteiger partial charge on any atom is -0.497 e. The summed E-state index contributed by atoms with van der Waals surface area (Å²) < 4.78 is 12.1. The van der Waals surface area contributed by atoms with Crippen LogP contribution in [0.2, 0.25) is 0 Å². The number of ketones is 1. The molecule has 3 aliphatic rings. The maximum Gasteiger partial charge on any atom is 0.333 e. The molecule has 3 saturated heterocycles. The number of nitrogens with one attached hydrogen (secondary N) is 1. The van der Waals surface area contributed by atoms with Crippen LogP contribution < -0.4 is 10.1 Å². The predicted molar refractivity (Wildman–Crippen MR) is 139 cm³/mol. The van der Waals surface area contributed by atoms with Crippen LogP contribution in [0.5, 0.6) is 5.75 Å². The van der Waals surface area contributed by atoms with E-state index in [9.17, 15) is 9.59 Å². The first-order valence-electron chi connectivity index (χ1n) is 12.6. The van der Waals surface area contributed by atoms with Gasteiger partial charge in [0.15, 0.2) is 12.1 Å². The van der Waals surface area contributed by atoms with Crippen LogP contribution in [0, 0.1) is 5.92 Å². The molecule has 6 heteroatoms. The molecule has 3 aromatic rings.